The second-order valence-electron chi connectivity index (χ2n) is 23.8. The summed E-state index contributed by atoms with van der Waals surface area (Å²) in [4.78, 5) is 93.4. The number of benzene rings is 2. The van der Waals surface area contributed by atoms with E-state index in [1.54, 1.807) is 54.2 Å². The summed E-state index contributed by atoms with van der Waals surface area (Å²) in [7, 11) is 4.90. The van der Waals surface area contributed by atoms with Gasteiger partial charge in [-0.2, -0.15) is 0 Å². The predicted molar refractivity (Wildman–Crippen MR) is 288 cm³/mol. The van der Waals surface area contributed by atoms with Crippen LogP contribution in [0.4, 0.5) is 0 Å². The quantitative estimate of drug-likeness (QED) is 0.0710. The number of carbonyl (C=O) groups is 6. The number of fused-ring (bicyclic) bond motifs is 6. The number of aryl methyl sites for hydroxylation is 1. The van der Waals surface area contributed by atoms with Crippen LogP contribution in [0.2, 0.25) is 0 Å². The van der Waals surface area contributed by atoms with Crippen molar-refractivity contribution >= 4 is 46.5 Å². The van der Waals surface area contributed by atoms with E-state index in [4.69, 9.17) is 19.2 Å². The van der Waals surface area contributed by atoms with Crippen LogP contribution in [-0.4, -0.2) is 131 Å². The first kappa shape index (κ1) is 54.6. The third kappa shape index (κ3) is 11.7. The number of nitrogens with zero attached hydrogens (tertiary/aromatic N) is 5. The highest BCUT2D eigenvalue weighted by atomic mass is 16.5. The molecule has 9 rings (SSSR count). The lowest BCUT2D eigenvalue weighted by molar-refractivity contribution is -0.155. The van der Waals surface area contributed by atoms with Gasteiger partial charge in [-0.3, -0.25) is 44.1 Å². The summed E-state index contributed by atoms with van der Waals surface area (Å²) in [5.74, 6) is -1.83. The van der Waals surface area contributed by atoms with Crippen LogP contribution in [0.1, 0.15) is 123 Å². The third-order valence-electron chi connectivity index (χ3n) is 16.2. The van der Waals surface area contributed by atoms with E-state index < -0.39 is 52.7 Å². The monoisotopic (exact) mass is 1040 g/mol. The summed E-state index contributed by atoms with van der Waals surface area (Å²) in [6.45, 7) is 14.4. The number of pyridine rings is 1. The summed E-state index contributed by atoms with van der Waals surface area (Å²) in [6.07, 6.45) is 8.27. The number of cyclic esters (lactones) is 1. The zero-order chi connectivity index (χ0) is 54.4. The Balaban J connectivity index is 1.14. The molecule has 2 aromatic heterocycles. The van der Waals surface area contributed by atoms with Gasteiger partial charge in [-0.1, -0.05) is 38.8 Å². The van der Waals surface area contributed by atoms with Gasteiger partial charge in [0.1, 0.15) is 29.9 Å². The van der Waals surface area contributed by atoms with Gasteiger partial charge in [0.05, 0.1) is 36.1 Å². The Bertz CT molecular complexity index is 2880. The van der Waals surface area contributed by atoms with Crippen molar-refractivity contribution in [2.45, 2.75) is 156 Å². The summed E-state index contributed by atoms with van der Waals surface area (Å²) in [6, 6.07) is 12.7. The zero-order valence-electron chi connectivity index (χ0n) is 46.1. The zero-order valence-corrected chi connectivity index (χ0v) is 46.1. The first-order chi connectivity index (χ1) is 36.2. The molecule has 5 aliphatic rings. The predicted octanol–water partition coefficient (Wildman–Crippen LogP) is 6.92. The van der Waals surface area contributed by atoms with Crippen molar-refractivity contribution in [2.75, 3.05) is 40.9 Å². The van der Waals surface area contributed by atoms with Crippen LogP contribution in [-0.2, 0) is 57.6 Å². The van der Waals surface area contributed by atoms with Crippen molar-refractivity contribution in [3.05, 3.63) is 71.5 Å². The molecule has 0 spiro atoms. The molecular formula is C59H78N8O9. The molecule has 1 unspecified atom stereocenters. The number of hydrogen-bond acceptors (Lipinski definition) is 12. The first-order valence-electron chi connectivity index (χ1n) is 27.5. The number of rotatable bonds is 13. The van der Waals surface area contributed by atoms with Crippen molar-refractivity contribution in [2.24, 2.45) is 22.7 Å². The second kappa shape index (κ2) is 22.1. The third-order valence-corrected chi connectivity index (χ3v) is 16.2. The van der Waals surface area contributed by atoms with Crippen LogP contribution in [0.5, 0.6) is 5.75 Å². The SMILES string of the molecule is CCn1c(-c2cccnc2[C@H](C)OC)c2c3cc(ccc31)-c1cc(cc(OC(=O)C(C)(C)C)c1)C[C@H](NC(=O)C(C1CCCC1)N(C)C(=O)CN(C)C(=O)[C@@H]1N[C@@H]1C1CC1)C(=O)N1CCC[C@H](N1)C(=O)OCC(C)(C)C2. The van der Waals surface area contributed by atoms with E-state index in [0.717, 1.165) is 70.2 Å². The van der Waals surface area contributed by atoms with Crippen LogP contribution >= 0.6 is 0 Å². The number of nitrogens with one attached hydrogen (secondary N) is 3. The van der Waals surface area contributed by atoms with E-state index in [-0.39, 0.29) is 67.8 Å². The average Bonchev–Trinajstić information content (AvgIpc) is 4.34. The van der Waals surface area contributed by atoms with Gasteiger partial charge in [0, 0.05) is 74.8 Å². The van der Waals surface area contributed by atoms with Crippen LogP contribution in [0.3, 0.4) is 0 Å². The molecular weight excluding hydrogens is 965 g/mol. The van der Waals surface area contributed by atoms with Gasteiger partial charge in [0.2, 0.25) is 17.7 Å². The number of methoxy groups -OCH3 is 1. The van der Waals surface area contributed by atoms with Crippen LogP contribution in [0.25, 0.3) is 33.3 Å². The lowest BCUT2D eigenvalue weighted by Gasteiger charge is -2.37. The van der Waals surface area contributed by atoms with Gasteiger partial charge in [0.15, 0.2) is 0 Å². The molecule has 2 saturated heterocycles. The molecule has 3 aliphatic heterocycles. The van der Waals surface area contributed by atoms with Gasteiger partial charge in [-0.05, 0) is 150 Å². The van der Waals surface area contributed by atoms with E-state index in [1.165, 1.54) is 14.8 Å². The lowest BCUT2D eigenvalue weighted by Crippen LogP contribution is -2.62. The van der Waals surface area contributed by atoms with Crippen molar-refractivity contribution in [1.82, 2.24) is 40.4 Å². The number of carbonyl (C=O) groups excluding carboxylic acids is 6. The maximum atomic E-state index is 15.2. The minimum absolute atomic E-state index is 0.0336. The van der Waals surface area contributed by atoms with Gasteiger partial charge in [-0.15, -0.1) is 0 Å². The molecule has 0 radical (unpaired) electrons. The van der Waals surface area contributed by atoms with E-state index in [2.05, 4.69) is 59.6 Å². The molecule has 2 saturated carbocycles. The summed E-state index contributed by atoms with van der Waals surface area (Å²) >= 11 is 0. The molecule has 17 nitrogen and oxygen atoms in total. The largest absolute Gasteiger partial charge is 0.464 e. The minimum Gasteiger partial charge on any atom is -0.464 e. The number of ether oxygens (including phenoxy) is 3. The van der Waals surface area contributed by atoms with Crippen LogP contribution in [0.15, 0.2) is 54.7 Å². The van der Waals surface area contributed by atoms with E-state index in [1.807, 2.05) is 31.2 Å². The first-order valence-corrected chi connectivity index (χ1v) is 27.5. The number of amides is 4. The van der Waals surface area contributed by atoms with Crippen molar-refractivity contribution < 1.29 is 43.0 Å². The Labute approximate surface area is 447 Å². The molecule has 76 heavy (non-hydrogen) atoms. The Morgan fingerprint density at radius 2 is 1.72 bits per heavy atom. The number of hydrazine groups is 1. The van der Waals surface area contributed by atoms with Crippen molar-refractivity contribution in [3.63, 3.8) is 0 Å². The smallest absolute Gasteiger partial charge is 0.324 e. The van der Waals surface area contributed by atoms with Gasteiger partial charge in [-0.25, -0.2) is 5.43 Å². The van der Waals surface area contributed by atoms with Crippen LogP contribution < -0.4 is 20.8 Å². The highest BCUT2D eigenvalue weighted by molar-refractivity contribution is 5.97. The summed E-state index contributed by atoms with van der Waals surface area (Å²) < 4.78 is 20.5. The molecule has 408 valence electrons. The fourth-order valence-electron chi connectivity index (χ4n) is 11.6. The fraction of sp³-hybridized carbons (Fsp3) is 0.576. The second-order valence-corrected chi connectivity index (χ2v) is 23.8. The Morgan fingerprint density at radius 3 is 2.42 bits per heavy atom. The summed E-state index contributed by atoms with van der Waals surface area (Å²) in [5, 5.41) is 8.79. The number of likely N-dealkylation sites (N-methyl/N-ethyl adjacent to an activating group) is 2. The number of hydrogen-bond donors (Lipinski definition) is 3. The van der Waals surface area contributed by atoms with Crippen molar-refractivity contribution in [1.29, 1.82) is 0 Å². The Kier molecular flexibility index (Phi) is 15.8. The van der Waals surface area contributed by atoms with E-state index in [9.17, 15) is 19.2 Å². The van der Waals surface area contributed by atoms with Crippen LogP contribution in [0, 0.1) is 22.7 Å². The maximum absolute atomic E-state index is 15.2. The van der Waals surface area contributed by atoms with Gasteiger partial charge in [0.25, 0.3) is 5.91 Å². The molecule has 2 aromatic carbocycles. The number of esters is 2. The molecule has 6 bridgehead atoms. The average molecular weight is 1040 g/mol. The molecule has 4 amide bonds. The summed E-state index contributed by atoms with van der Waals surface area (Å²) in [5.41, 5.74) is 8.67. The Hall–Kier alpha value is -6.17. The molecule has 6 atom stereocenters. The minimum atomic E-state index is -1.20. The normalized spacial score (nSPS) is 22.8. The highest BCUT2D eigenvalue weighted by Gasteiger charge is 2.52. The highest BCUT2D eigenvalue weighted by Crippen LogP contribution is 2.43. The molecule has 4 aromatic rings. The molecule has 3 N–H and O–H groups in total. The topological polar surface area (TPSA) is 204 Å². The van der Waals surface area contributed by atoms with E-state index >= 15 is 9.59 Å². The van der Waals surface area contributed by atoms with E-state index in [0.29, 0.717) is 50.1 Å². The van der Waals surface area contributed by atoms with Crippen molar-refractivity contribution in [3.8, 4) is 28.1 Å². The lowest BCUT2D eigenvalue weighted by atomic mass is 9.84. The molecule has 4 fully saturated rings. The standard InChI is InChI=1S/C59H78N8O9/c1-11-66-46-23-22-38-30-42(46)43(52(66)41-18-14-24-60-48(41)34(2)74-10)31-59(6,7)33-75-56(72)44-19-15-25-67(63-44)54(70)45(28-35-26-39(38)29-40(27-35)76-57(73)58(3,4)5)61-53(69)51(37-16-12-13-17-37)65(9)47(68)32-64(8)55(71)50-49(62-50)36-20-21-36/h14,18,22-24,26-27,29-30,34,36-37,44-45,49-51,62-63H,11-13,15-17,19-21,25,28,31-33H2,1-10H3,(H,61,69)/t34-,44-,45-,49+,50+,51?/m0/s1. The Morgan fingerprint density at radius 1 is 0.974 bits per heavy atom. The maximum Gasteiger partial charge on any atom is 0.324 e. The molecule has 2 aliphatic carbocycles. The molecule has 17 heteroatoms. The van der Waals surface area contributed by atoms with Gasteiger partial charge >= 0.3 is 11.9 Å². The fourth-order valence-corrected chi connectivity index (χ4v) is 11.6. The molecule has 5 heterocycles. The van der Waals surface area contributed by atoms with Gasteiger partial charge < -0.3 is 33.9 Å². The number of aromatic nitrogens is 2.